The van der Waals surface area contributed by atoms with Gasteiger partial charge >= 0.3 is 5.97 Å². The predicted molar refractivity (Wildman–Crippen MR) is 98.6 cm³/mol. The van der Waals surface area contributed by atoms with Gasteiger partial charge in [0, 0.05) is 32.1 Å². The number of hydrogen-bond acceptors (Lipinski definition) is 3. The number of carboxylic acid groups (broad SMARTS) is 1. The third-order valence-corrected chi connectivity index (χ3v) is 6.59. The topological polar surface area (TPSA) is 60.9 Å². The van der Waals surface area contributed by atoms with Gasteiger partial charge in [0.2, 0.25) is 5.91 Å². The maximum atomic E-state index is 12.3. The van der Waals surface area contributed by atoms with Crippen LogP contribution in [0.4, 0.5) is 0 Å². The third-order valence-electron chi connectivity index (χ3n) is 6.59. The van der Waals surface area contributed by atoms with Crippen LogP contribution in [-0.2, 0) is 16.1 Å². The van der Waals surface area contributed by atoms with E-state index in [2.05, 4.69) is 24.0 Å². The van der Waals surface area contributed by atoms with Gasteiger partial charge in [-0.25, -0.2) is 0 Å². The Kier molecular flexibility index (Phi) is 4.51. The molecule has 1 saturated carbocycles. The van der Waals surface area contributed by atoms with Crippen molar-refractivity contribution in [1.29, 1.82) is 0 Å². The van der Waals surface area contributed by atoms with Crippen molar-refractivity contribution in [2.75, 3.05) is 19.6 Å². The molecule has 1 atom stereocenters. The summed E-state index contributed by atoms with van der Waals surface area (Å²) in [5.41, 5.74) is 2.46. The highest BCUT2D eigenvalue weighted by Gasteiger charge is 2.49. The largest absolute Gasteiger partial charge is 0.480 e. The highest BCUT2D eigenvalue weighted by Crippen LogP contribution is 2.45. The van der Waals surface area contributed by atoms with Crippen molar-refractivity contribution < 1.29 is 14.7 Å². The van der Waals surface area contributed by atoms with Gasteiger partial charge in [-0.2, -0.15) is 0 Å². The van der Waals surface area contributed by atoms with Crippen LogP contribution in [0, 0.1) is 18.3 Å². The van der Waals surface area contributed by atoms with Crippen LogP contribution in [-0.4, -0.2) is 52.5 Å². The molecule has 4 rings (SSSR count). The number of aryl methyl sites for hydroxylation is 1. The SMILES string of the molecule is Cc1ccccc1CN1CC2(CCN(C(=O)C3CC3)CC2)C[C@@H]1C(=O)O. The third kappa shape index (κ3) is 3.37. The molecule has 3 fully saturated rings. The fourth-order valence-electron chi connectivity index (χ4n) is 4.71. The van der Waals surface area contributed by atoms with E-state index in [0.29, 0.717) is 18.9 Å². The first-order valence-electron chi connectivity index (χ1n) is 9.78. The van der Waals surface area contributed by atoms with E-state index in [-0.39, 0.29) is 11.3 Å². The summed E-state index contributed by atoms with van der Waals surface area (Å²) < 4.78 is 0. The fourth-order valence-corrected chi connectivity index (χ4v) is 4.71. The van der Waals surface area contributed by atoms with E-state index in [9.17, 15) is 14.7 Å². The molecule has 0 unspecified atom stereocenters. The Hall–Kier alpha value is -1.88. The van der Waals surface area contributed by atoms with Gasteiger partial charge < -0.3 is 10.0 Å². The molecule has 2 heterocycles. The first-order chi connectivity index (χ1) is 12.5. The summed E-state index contributed by atoms with van der Waals surface area (Å²) in [7, 11) is 0. The molecule has 5 nitrogen and oxygen atoms in total. The van der Waals surface area contributed by atoms with Crippen LogP contribution < -0.4 is 0 Å². The number of carbonyl (C=O) groups is 2. The quantitative estimate of drug-likeness (QED) is 0.901. The molecule has 1 spiro atoms. The van der Waals surface area contributed by atoms with Crippen molar-refractivity contribution >= 4 is 11.9 Å². The minimum absolute atomic E-state index is 0.0477. The number of amides is 1. The Balaban J connectivity index is 1.45. The summed E-state index contributed by atoms with van der Waals surface area (Å²) in [6, 6.07) is 7.80. The van der Waals surface area contributed by atoms with Crippen LogP contribution >= 0.6 is 0 Å². The summed E-state index contributed by atoms with van der Waals surface area (Å²) in [5, 5.41) is 9.76. The van der Waals surface area contributed by atoms with Gasteiger partial charge in [0.05, 0.1) is 0 Å². The Morgan fingerprint density at radius 3 is 2.50 bits per heavy atom. The fraction of sp³-hybridized carbons (Fsp3) is 0.619. The zero-order valence-electron chi connectivity index (χ0n) is 15.5. The van der Waals surface area contributed by atoms with Crippen LogP contribution in [0.1, 0.15) is 43.2 Å². The van der Waals surface area contributed by atoms with Gasteiger partial charge in [0.15, 0.2) is 0 Å². The minimum Gasteiger partial charge on any atom is -0.480 e. The Morgan fingerprint density at radius 1 is 1.19 bits per heavy atom. The maximum Gasteiger partial charge on any atom is 0.320 e. The molecule has 1 aliphatic carbocycles. The van der Waals surface area contributed by atoms with E-state index in [1.165, 1.54) is 11.1 Å². The van der Waals surface area contributed by atoms with E-state index in [1.807, 2.05) is 17.0 Å². The first-order valence-corrected chi connectivity index (χ1v) is 9.78. The predicted octanol–water partition coefficient (Wildman–Crippen LogP) is 2.67. The average Bonchev–Trinajstić information content (AvgIpc) is 3.41. The number of carbonyl (C=O) groups excluding carboxylic acids is 1. The number of piperidine rings is 1. The molecule has 2 saturated heterocycles. The summed E-state index contributed by atoms with van der Waals surface area (Å²) in [6.07, 6.45) is 4.66. The van der Waals surface area contributed by atoms with Gasteiger partial charge in [-0.1, -0.05) is 24.3 Å². The van der Waals surface area contributed by atoms with Crippen molar-refractivity contribution in [3.63, 3.8) is 0 Å². The van der Waals surface area contributed by atoms with Crippen LogP contribution in [0.25, 0.3) is 0 Å². The van der Waals surface area contributed by atoms with Crippen molar-refractivity contribution in [2.24, 2.45) is 11.3 Å². The van der Waals surface area contributed by atoms with E-state index < -0.39 is 12.0 Å². The first kappa shape index (κ1) is 17.5. The molecule has 3 aliphatic rings. The second kappa shape index (κ2) is 6.69. The van der Waals surface area contributed by atoms with Crippen molar-refractivity contribution in [3.05, 3.63) is 35.4 Å². The van der Waals surface area contributed by atoms with E-state index in [0.717, 1.165) is 45.3 Å². The maximum absolute atomic E-state index is 12.3. The average molecular weight is 356 g/mol. The second-order valence-corrected chi connectivity index (χ2v) is 8.49. The smallest absolute Gasteiger partial charge is 0.320 e. The lowest BCUT2D eigenvalue weighted by Crippen LogP contribution is -2.44. The molecular formula is C21H28N2O3. The number of benzene rings is 1. The lowest BCUT2D eigenvalue weighted by atomic mass is 9.76. The van der Waals surface area contributed by atoms with Gasteiger partial charge in [-0.15, -0.1) is 0 Å². The molecule has 0 radical (unpaired) electrons. The number of rotatable bonds is 4. The molecule has 26 heavy (non-hydrogen) atoms. The van der Waals surface area contributed by atoms with Crippen LogP contribution in [0.5, 0.6) is 0 Å². The molecule has 1 N–H and O–H groups in total. The number of likely N-dealkylation sites (tertiary alicyclic amines) is 2. The standard InChI is InChI=1S/C21H28N2O3/c1-15-4-2-3-5-17(15)13-23-14-21(12-18(23)20(25)26)8-10-22(11-9-21)19(24)16-6-7-16/h2-5,16,18H,6-14H2,1H3,(H,25,26)/t18-/m1/s1. The summed E-state index contributed by atoms with van der Waals surface area (Å²) >= 11 is 0. The van der Waals surface area contributed by atoms with Gasteiger partial charge in [0.1, 0.15) is 6.04 Å². The number of carboxylic acids is 1. The Morgan fingerprint density at radius 2 is 1.88 bits per heavy atom. The zero-order chi connectivity index (χ0) is 18.3. The number of aliphatic carboxylic acids is 1. The summed E-state index contributed by atoms with van der Waals surface area (Å²) in [5.74, 6) is -0.117. The zero-order valence-corrected chi connectivity index (χ0v) is 15.5. The Labute approximate surface area is 155 Å². The molecule has 1 aromatic carbocycles. The van der Waals surface area contributed by atoms with Crippen LogP contribution in [0.2, 0.25) is 0 Å². The van der Waals surface area contributed by atoms with E-state index in [4.69, 9.17) is 0 Å². The highest BCUT2D eigenvalue weighted by molar-refractivity contribution is 5.81. The number of nitrogens with zero attached hydrogens (tertiary/aromatic N) is 2. The van der Waals surface area contributed by atoms with Crippen molar-refractivity contribution in [3.8, 4) is 0 Å². The normalized spacial score (nSPS) is 25.6. The second-order valence-electron chi connectivity index (χ2n) is 8.49. The molecule has 140 valence electrons. The lowest BCUT2D eigenvalue weighted by Gasteiger charge is -2.39. The van der Waals surface area contributed by atoms with E-state index in [1.54, 1.807) is 0 Å². The highest BCUT2D eigenvalue weighted by atomic mass is 16.4. The van der Waals surface area contributed by atoms with Gasteiger partial charge in [-0.3, -0.25) is 14.5 Å². The molecule has 0 bridgehead atoms. The summed E-state index contributed by atoms with van der Waals surface area (Å²) in [4.78, 5) is 28.3. The lowest BCUT2D eigenvalue weighted by molar-refractivity contribution is -0.142. The summed E-state index contributed by atoms with van der Waals surface area (Å²) in [6.45, 7) is 5.18. The van der Waals surface area contributed by atoms with Gasteiger partial charge in [-0.05, 0) is 55.6 Å². The molecular weight excluding hydrogens is 328 g/mol. The van der Waals surface area contributed by atoms with E-state index >= 15 is 0 Å². The molecule has 1 amide bonds. The Bertz CT molecular complexity index is 705. The van der Waals surface area contributed by atoms with Crippen molar-refractivity contribution in [1.82, 2.24) is 9.80 Å². The minimum atomic E-state index is -0.716. The molecule has 0 aromatic heterocycles. The van der Waals surface area contributed by atoms with Crippen molar-refractivity contribution in [2.45, 2.75) is 51.6 Å². The molecule has 5 heteroatoms. The van der Waals surface area contributed by atoms with Crippen LogP contribution in [0.15, 0.2) is 24.3 Å². The van der Waals surface area contributed by atoms with Gasteiger partial charge in [0.25, 0.3) is 0 Å². The monoisotopic (exact) mass is 356 g/mol. The van der Waals surface area contributed by atoms with Crippen LogP contribution in [0.3, 0.4) is 0 Å². The molecule has 1 aromatic rings. The molecule has 2 aliphatic heterocycles. The number of hydrogen-bond donors (Lipinski definition) is 1.